The quantitative estimate of drug-likeness (QED) is 0.0282. The van der Waals surface area contributed by atoms with E-state index in [9.17, 15) is 19.5 Å². The molecule has 0 saturated heterocycles. The molecule has 0 radical (unpaired) electrons. The fraction of sp³-hybridized carbons (Fsp3) is 0.648. The summed E-state index contributed by atoms with van der Waals surface area (Å²) in [4.78, 5) is 37.1. The van der Waals surface area contributed by atoms with Gasteiger partial charge < -0.3 is 23.8 Å². The molecule has 0 rings (SSSR count). The largest absolute Gasteiger partial charge is 0.477 e. The average Bonchev–Trinajstić information content (AvgIpc) is 3.23. The van der Waals surface area contributed by atoms with Gasteiger partial charge in [0.1, 0.15) is 6.61 Å². The van der Waals surface area contributed by atoms with Crippen molar-refractivity contribution in [1.29, 1.82) is 0 Å². The van der Waals surface area contributed by atoms with Crippen molar-refractivity contribution in [2.45, 2.75) is 187 Å². The zero-order valence-electron chi connectivity index (χ0n) is 40.0. The van der Waals surface area contributed by atoms with Gasteiger partial charge in [0.25, 0.3) is 0 Å². The number of quaternary nitrogens is 1. The number of carbonyl (C=O) groups excluding carboxylic acids is 2. The number of allylic oxidation sites excluding steroid dienone is 16. The predicted molar refractivity (Wildman–Crippen MR) is 261 cm³/mol. The van der Waals surface area contributed by atoms with Crippen LogP contribution in [0, 0.1) is 0 Å². The molecule has 0 aromatic rings. The highest BCUT2D eigenvalue weighted by molar-refractivity contribution is 5.72. The predicted octanol–water partition coefficient (Wildman–Crippen LogP) is 13.9. The lowest BCUT2D eigenvalue weighted by Crippen LogP contribution is -2.50. The third-order valence-corrected chi connectivity index (χ3v) is 10.2. The molecular formula is C54H90NO7+. The van der Waals surface area contributed by atoms with Gasteiger partial charge in [0.15, 0.2) is 12.1 Å². The molecule has 0 aromatic heterocycles. The molecule has 0 fully saturated rings. The first kappa shape index (κ1) is 58.2. The minimum Gasteiger partial charge on any atom is -0.477 e. The lowest BCUT2D eigenvalue weighted by molar-refractivity contribution is -0.887. The molecular weight excluding hydrogens is 775 g/mol. The second-order valence-electron chi connectivity index (χ2n) is 17.0. The van der Waals surface area contributed by atoms with Crippen molar-refractivity contribution in [3.05, 3.63) is 97.2 Å². The summed E-state index contributed by atoms with van der Waals surface area (Å²) in [6.07, 6.45) is 58.8. The first-order chi connectivity index (χ1) is 30.1. The van der Waals surface area contributed by atoms with Crippen molar-refractivity contribution in [1.82, 2.24) is 0 Å². The van der Waals surface area contributed by atoms with Crippen molar-refractivity contribution < 1.29 is 38.2 Å². The molecule has 1 N–H and O–H groups in total. The minimum absolute atomic E-state index is 0.0448. The zero-order chi connectivity index (χ0) is 45.6. The molecule has 8 nitrogen and oxygen atoms in total. The monoisotopic (exact) mass is 865 g/mol. The van der Waals surface area contributed by atoms with Crippen LogP contribution in [0.4, 0.5) is 0 Å². The molecule has 0 saturated carbocycles. The van der Waals surface area contributed by atoms with Crippen LogP contribution in [0.5, 0.6) is 0 Å². The Kier molecular flexibility index (Phi) is 41.2. The number of hydrogen-bond donors (Lipinski definition) is 1. The van der Waals surface area contributed by atoms with Gasteiger partial charge in [-0.1, -0.05) is 162 Å². The summed E-state index contributed by atoms with van der Waals surface area (Å²) in [6.45, 7) is 4.47. The van der Waals surface area contributed by atoms with E-state index in [1.165, 1.54) is 25.7 Å². The molecule has 0 aliphatic carbocycles. The van der Waals surface area contributed by atoms with E-state index in [2.05, 4.69) is 111 Å². The molecule has 2 unspecified atom stereocenters. The Morgan fingerprint density at radius 2 is 0.855 bits per heavy atom. The van der Waals surface area contributed by atoms with Gasteiger partial charge >= 0.3 is 17.9 Å². The highest BCUT2D eigenvalue weighted by atomic mass is 16.6. The van der Waals surface area contributed by atoms with Crippen molar-refractivity contribution >= 4 is 17.9 Å². The lowest BCUT2D eigenvalue weighted by Gasteiger charge is -2.31. The number of likely N-dealkylation sites (N-methyl/N-ethyl adjacent to an activating group) is 1. The van der Waals surface area contributed by atoms with Crippen LogP contribution in [0.25, 0.3) is 0 Å². The molecule has 352 valence electrons. The van der Waals surface area contributed by atoms with Gasteiger partial charge in [-0.25, -0.2) is 4.79 Å². The number of carbonyl (C=O) groups is 3. The van der Waals surface area contributed by atoms with Crippen molar-refractivity contribution in [3.8, 4) is 0 Å². The Morgan fingerprint density at radius 3 is 1.26 bits per heavy atom. The van der Waals surface area contributed by atoms with Crippen molar-refractivity contribution in [2.24, 2.45) is 0 Å². The Hall–Kier alpha value is -3.75. The smallest absolute Gasteiger partial charge is 0.362 e. The average molecular weight is 865 g/mol. The van der Waals surface area contributed by atoms with Crippen LogP contribution in [0.15, 0.2) is 97.2 Å². The zero-order valence-corrected chi connectivity index (χ0v) is 40.0. The number of ether oxygens (including phenoxy) is 3. The van der Waals surface area contributed by atoms with Gasteiger partial charge in [0, 0.05) is 19.3 Å². The Morgan fingerprint density at radius 1 is 0.484 bits per heavy atom. The van der Waals surface area contributed by atoms with E-state index in [4.69, 9.17) is 14.2 Å². The Labute approximate surface area is 379 Å². The number of carboxylic acids is 1. The molecule has 8 heteroatoms. The maximum atomic E-state index is 12.8. The molecule has 0 amide bonds. The summed E-state index contributed by atoms with van der Waals surface area (Å²) in [5, 5.41) is 9.64. The topological polar surface area (TPSA) is 99.1 Å². The van der Waals surface area contributed by atoms with Gasteiger partial charge in [0.2, 0.25) is 0 Å². The molecule has 0 spiro atoms. The highest BCUT2D eigenvalue weighted by Gasteiger charge is 2.31. The Bertz CT molecular complexity index is 1330. The van der Waals surface area contributed by atoms with E-state index >= 15 is 0 Å². The van der Waals surface area contributed by atoms with Crippen LogP contribution in [0.2, 0.25) is 0 Å². The SMILES string of the molecule is CC/C=C/C/C=C/C/C=C/C/C=C/C/C=C/CCCCCCCCC(=O)OCC(COCCC(C(=O)O)[N+](C)(C)C)OC(=O)CCCCCCCC/C=C/C/C=C/C/C=C/CC. The maximum absolute atomic E-state index is 12.8. The van der Waals surface area contributed by atoms with E-state index < -0.39 is 18.1 Å². The van der Waals surface area contributed by atoms with Gasteiger partial charge in [-0.15, -0.1) is 0 Å². The summed E-state index contributed by atoms with van der Waals surface area (Å²) in [5.74, 6) is -1.51. The second-order valence-corrected chi connectivity index (χ2v) is 17.0. The van der Waals surface area contributed by atoms with E-state index in [0.29, 0.717) is 19.3 Å². The number of unbranched alkanes of at least 4 members (excludes halogenated alkanes) is 12. The molecule has 0 aliphatic heterocycles. The Balaban J connectivity index is 4.34. The fourth-order valence-corrected chi connectivity index (χ4v) is 6.54. The number of hydrogen-bond acceptors (Lipinski definition) is 6. The van der Waals surface area contributed by atoms with Crippen LogP contribution in [0.1, 0.15) is 174 Å². The van der Waals surface area contributed by atoms with Crippen LogP contribution in [0.3, 0.4) is 0 Å². The summed E-state index contributed by atoms with van der Waals surface area (Å²) >= 11 is 0. The summed E-state index contributed by atoms with van der Waals surface area (Å²) < 4.78 is 17.3. The van der Waals surface area contributed by atoms with Crippen LogP contribution in [-0.2, 0) is 28.6 Å². The van der Waals surface area contributed by atoms with Crippen molar-refractivity contribution in [3.63, 3.8) is 0 Å². The molecule has 2 atom stereocenters. The number of aliphatic carboxylic acids is 1. The summed E-state index contributed by atoms with van der Waals surface area (Å²) in [7, 11) is 5.51. The molecule has 0 bridgehead atoms. The van der Waals surface area contributed by atoms with Crippen LogP contribution in [-0.4, -0.2) is 80.6 Å². The molecule has 0 aromatic carbocycles. The van der Waals surface area contributed by atoms with E-state index in [1.807, 2.05) is 21.1 Å². The fourth-order valence-electron chi connectivity index (χ4n) is 6.54. The third kappa shape index (κ3) is 41.6. The number of nitrogens with zero attached hydrogens (tertiary/aromatic N) is 1. The van der Waals surface area contributed by atoms with E-state index in [-0.39, 0.29) is 36.2 Å². The highest BCUT2D eigenvalue weighted by Crippen LogP contribution is 2.13. The number of esters is 2. The van der Waals surface area contributed by atoms with E-state index in [0.717, 1.165) is 116 Å². The first-order valence-electron chi connectivity index (χ1n) is 24.3. The standard InChI is InChI=1S/C54H89NO7/c1-6-8-10-12-14-16-18-20-22-24-25-26-27-28-29-31-32-34-36-38-40-42-44-52(56)61-49-50(48-60-47-46-51(54(58)59)55(3,4)5)62-53(57)45-43-41-39-37-35-33-30-23-21-19-17-15-13-11-9-7-2/h8-11,14-17,20-23,25-26,28-29,50-51H,6-7,12-13,18-19,24,27,30-49H2,1-5H3/p+1/b10-8+,11-9+,16-14+,17-15+,22-20+,23-21+,26-25+,29-28+. The van der Waals surface area contributed by atoms with Gasteiger partial charge in [-0.2, -0.15) is 0 Å². The van der Waals surface area contributed by atoms with E-state index in [1.54, 1.807) is 0 Å². The second kappa shape index (κ2) is 43.9. The first-order valence-corrected chi connectivity index (χ1v) is 24.3. The third-order valence-electron chi connectivity index (χ3n) is 10.2. The van der Waals surface area contributed by atoms with Gasteiger partial charge in [0.05, 0.1) is 34.4 Å². The lowest BCUT2D eigenvalue weighted by atomic mass is 10.1. The summed E-state index contributed by atoms with van der Waals surface area (Å²) in [6, 6.07) is -0.625. The number of carboxylic acid groups (broad SMARTS) is 1. The molecule has 0 heterocycles. The van der Waals surface area contributed by atoms with Crippen LogP contribution < -0.4 is 0 Å². The van der Waals surface area contributed by atoms with Crippen molar-refractivity contribution in [2.75, 3.05) is 41.0 Å². The summed E-state index contributed by atoms with van der Waals surface area (Å²) in [5.41, 5.74) is 0. The normalized spacial score (nSPS) is 13.8. The van der Waals surface area contributed by atoms with Crippen LogP contribution >= 0.6 is 0 Å². The molecule has 62 heavy (non-hydrogen) atoms. The van der Waals surface area contributed by atoms with Gasteiger partial charge in [-0.3, -0.25) is 9.59 Å². The number of rotatable bonds is 42. The van der Waals surface area contributed by atoms with Gasteiger partial charge in [-0.05, 0) is 89.9 Å². The molecule has 0 aliphatic rings. The maximum Gasteiger partial charge on any atom is 0.362 e. The minimum atomic E-state index is -0.883.